The highest BCUT2D eigenvalue weighted by atomic mass is 35.5. The molecule has 0 saturated carbocycles. The van der Waals surface area contributed by atoms with E-state index in [1.807, 2.05) is 51.1 Å². The number of nitrogens with zero attached hydrogens (tertiary/aromatic N) is 2. The molecule has 0 aromatic heterocycles. The van der Waals surface area contributed by atoms with E-state index < -0.39 is 45.8 Å². The first-order chi connectivity index (χ1) is 18.6. The molecule has 0 aliphatic carbocycles. The van der Waals surface area contributed by atoms with Gasteiger partial charge >= 0.3 is 0 Å². The molecule has 3 aromatic rings. The zero-order valence-corrected chi connectivity index (χ0v) is 24.9. The molecule has 3 aromatic carbocycles. The van der Waals surface area contributed by atoms with Crippen LogP contribution >= 0.6 is 11.6 Å². The highest BCUT2D eigenvalue weighted by molar-refractivity contribution is 7.92. The first-order valence-electron chi connectivity index (χ1n) is 12.8. The maximum absolute atomic E-state index is 14.0. The second-order valence-electron chi connectivity index (χ2n) is 10.8. The van der Waals surface area contributed by atoms with Gasteiger partial charge in [-0.15, -0.1) is 0 Å². The van der Waals surface area contributed by atoms with Gasteiger partial charge in [-0.25, -0.2) is 12.8 Å². The molecule has 7 nitrogen and oxygen atoms in total. The van der Waals surface area contributed by atoms with Crippen LogP contribution in [-0.4, -0.2) is 49.5 Å². The summed E-state index contributed by atoms with van der Waals surface area (Å²) in [5.41, 5.74) is 1.80. The molecule has 0 unspecified atom stereocenters. The molecule has 0 saturated heterocycles. The van der Waals surface area contributed by atoms with Crippen LogP contribution in [0.2, 0.25) is 5.02 Å². The van der Waals surface area contributed by atoms with Gasteiger partial charge in [0.05, 0.1) is 11.9 Å². The summed E-state index contributed by atoms with van der Waals surface area (Å²) in [6, 6.07) is 18.6. The molecular formula is C30H35ClFN3O4S. The maximum atomic E-state index is 14.0. The fraction of sp³-hybridized carbons (Fsp3) is 0.333. The normalized spacial score (nSPS) is 12.5. The number of rotatable bonds is 10. The first kappa shape index (κ1) is 31.1. The average molecular weight is 588 g/mol. The minimum absolute atomic E-state index is 0.0412. The molecule has 0 fully saturated rings. The maximum Gasteiger partial charge on any atom is 0.244 e. The van der Waals surface area contributed by atoms with E-state index in [4.69, 9.17) is 11.6 Å². The van der Waals surface area contributed by atoms with Gasteiger partial charge in [0, 0.05) is 23.5 Å². The van der Waals surface area contributed by atoms with Crippen molar-refractivity contribution < 1.29 is 22.4 Å². The van der Waals surface area contributed by atoms with Crippen LogP contribution in [0.15, 0.2) is 72.8 Å². The molecule has 214 valence electrons. The van der Waals surface area contributed by atoms with Gasteiger partial charge < -0.3 is 10.2 Å². The molecule has 2 amide bonds. The monoisotopic (exact) mass is 587 g/mol. The van der Waals surface area contributed by atoms with Crippen LogP contribution in [-0.2, 0) is 32.6 Å². The summed E-state index contributed by atoms with van der Waals surface area (Å²) >= 11 is 6.27. The number of sulfonamides is 1. The van der Waals surface area contributed by atoms with Gasteiger partial charge in [-0.3, -0.25) is 13.9 Å². The smallest absolute Gasteiger partial charge is 0.244 e. The number of nitrogens with one attached hydrogen (secondary N) is 1. The Hall–Kier alpha value is -3.43. The van der Waals surface area contributed by atoms with Crippen molar-refractivity contribution in [2.45, 2.75) is 52.2 Å². The third-order valence-electron chi connectivity index (χ3n) is 6.16. The van der Waals surface area contributed by atoms with Crippen LogP contribution in [0.5, 0.6) is 0 Å². The molecule has 40 heavy (non-hydrogen) atoms. The molecule has 1 N–H and O–H groups in total. The van der Waals surface area contributed by atoms with Gasteiger partial charge in [0.15, 0.2) is 0 Å². The fourth-order valence-corrected chi connectivity index (χ4v) is 5.16. The summed E-state index contributed by atoms with van der Waals surface area (Å²) < 4.78 is 40.3. The fourth-order valence-electron chi connectivity index (χ4n) is 4.14. The molecule has 0 aliphatic heterocycles. The number of benzene rings is 3. The Morgan fingerprint density at radius 3 is 2.15 bits per heavy atom. The zero-order chi connectivity index (χ0) is 29.7. The van der Waals surface area contributed by atoms with E-state index in [0.29, 0.717) is 10.6 Å². The van der Waals surface area contributed by atoms with Crippen LogP contribution in [0.1, 0.15) is 37.5 Å². The molecule has 10 heteroatoms. The van der Waals surface area contributed by atoms with Gasteiger partial charge in [0.1, 0.15) is 18.4 Å². The number of halogens is 2. The van der Waals surface area contributed by atoms with Crippen molar-refractivity contribution in [1.29, 1.82) is 0 Å². The van der Waals surface area contributed by atoms with E-state index >= 15 is 0 Å². The number of anilines is 1. The largest absolute Gasteiger partial charge is 0.350 e. The molecule has 0 bridgehead atoms. The van der Waals surface area contributed by atoms with Crippen molar-refractivity contribution in [2.75, 3.05) is 17.1 Å². The number of hydrogen-bond acceptors (Lipinski definition) is 4. The minimum Gasteiger partial charge on any atom is -0.350 e. The van der Waals surface area contributed by atoms with Crippen LogP contribution < -0.4 is 9.62 Å². The lowest BCUT2D eigenvalue weighted by Gasteiger charge is -2.35. The van der Waals surface area contributed by atoms with E-state index in [2.05, 4.69) is 5.32 Å². The van der Waals surface area contributed by atoms with Crippen molar-refractivity contribution in [1.82, 2.24) is 10.2 Å². The van der Waals surface area contributed by atoms with E-state index in [1.54, 1.807) is 19.1 Å². The lowest BCUT2D eigenvalue weighted by molar-refractivity contribution is -0.140. The number of amides is 2. The van der Waals surface area contributed by atoms with Crippen molar-refractivity contribution in [2.24, 2.45) is 0 Å². The highest BCUT2D eigenvalue weighted by Crippen LogP contribution is 2.26. The Morgan fingerprint density at radius 1 is 0.975 bits per heavy atom. The number of aryl methyl sites for hydroxylation is 1. The summed E-state index contributed by atoms with van der Waals surface area (Å²) in [6.45, 7) is 6.69. The third kappa shape index (κ3) is 8.79. The average Bonchev–Trinajstić information content (AvgIpc) is 2.86. The lowest BCUT2D eigenvalue weighted by atomic mass is 10.0. The van der Waals surface area contributed by atoms with Crippen LogP contribution in [0.3, 0.4) is 0 Å². The summed E-state index contributed by atoms with van der Waals surface area (Å²) in [7, 11) is -3.91. The minimum atomic E-state index is -3.91. The molecular weight excluding hydrogens is 553 g/mol. The second-order valence-corrected chi connectivity index (χ2v) is 13.1. The van der Waals surface area contributed by atoms with E-state index in [0.717, 1.165) is 21.7 Å². The third-order valence-corrected chi connectivity index (χ3v) is 7.71. The van der Waals surface area contributed by atoms with Gasteiger partial charge in [-0.1, -0.05) is 60.1 Å². The predicted octanol–water partition coefficient (Wildman–Crippen LogP) is 5.11. The molecule has 0 heterocycles. The second kappa shape index (κ2) is 12.8. The molecule has 3 rings (SSSR count). The predicted molar refractivity (Wildman–Crippen MR) is 157 cm³/mol. The Bertz CT molecular complexity index is 1440. The summed E-state index contributed by atoms with van der Waals surface area (Å²) in [4.78, 5) is 29.1. The molecule has 0 aliphatic rings. The zero-order valence-electron chi connectivity index (χ0n) is 23.3. The Balaban J connectivity index is 2.08. The van der Waals surface area contributed by atoms with Crippen molar-refractivity contribution >= 4 is 39.1 Å². The van der Waals surface area contributed by atoms with Crippen LogP contribution in [0.4, 0.5) is 10.1 Å². The summed E-state index contributed by atoms with van der Waals surface area (Å²) in [5.74, 6) is -1.43. The lowest BCUT2D eigenvalue weighted by Crippen LogP contribution is -2.56. The molecule has 1 atom stereocenters. The molecule has 0 spiro atoms. The Morgan fingerprint density at radius 2 is 1.60 bits per heavy atom. The van der Waals surface area contributed by atoms with Crippen LogP contribution in [0, 0.1) is 12.7 Å². The standard InChI is InChI=1S/C30H35ClFN3O4S/c1-21-11-16-25(18-26(21)31)35(40(5,38)39)20-28(36)34(19-23-12-14-24(32)15-13-23)27(29(37)33-30(2,3)4)17-22-9-7-6-8-10-22/h6-16,18,27H,17,19-20H2,1-5H3,(H,33,37)/t27-/m0/s1. The van der Waals surface area contributed by atoms with E-state index in [-0.39, 0.29) is 18.7 Å². The van der Waals surface area contributed by atoms with Gasteiger partial charge in [0.2, 0.25) is 21.8 Å². The van der Waals surface area contributed by atoms with Crippen LogP contribution in [0.25, 0.3) is 0 Å². The first-order valence-corrected chi connectivity index (χ1v) is 15.0. The van der Waals surface area contributed by atoms with Gasteiger partial charge in [-0.2, -0.15) is 0 Å². The van der Waals surface area contributed by atoms with Crippen molar-refractivity contribution in [3.63, 3.8) is 0 Å². The van der Waals surface area contributed by atoms with Crippen molar-refractivity contribution in [3.05, 3.63) is 100 Å². The summed E-state index contributed by atoms with van der Waals surface area (Å²) in [6.07, 6.45) is 1.19. The topological polar surface area (TPSA) is 86.8 Å². The molecule has 0 radical (unpaired) electrons. The van der Waals surface area contributed by atoms with Gasteiger partial charge in [-0.05, 0) is 68.7 Å². The van der Waals surface area contributed by atoms with Gasteiger partial charge in [0.25, 0.3) is 0 Å². The SMILES string of the molecule is Cc1ccc(N(CC(=O)N(Cc2ccc(F)cc2)[C@@H](Cc2ccccc2)C(=O)NC(C)(C)C)S(C)(=O)=O)cc1Cl. The number of carbonyl (C=O) groups excluding carboxylic acids is 2. The highest BCUT2D eigenvalue weighted by Gasteiger charge is 2.34. The van der Waals surface area contributed by atoms with Crippen molar-refractivity contribution in [3.8, 4) is 0 Å². The number of hydrogen-bond donors (Lipinski definition) is 1. The van der Waals surface area contributed by atoms with E-state index in [9.17, 15) is 22.4 Å². The quantitative estimate of drug-likeness (QED) is 0.357. The number of carbonyl (C=O) groups is 2. The Kier molecular flexibility index (Phi) is 9.97. The van der Waals surface area contributed by atoms with E-state index in [1.165, 1.54) is 35.2 Å². The Labute approximate surface area is 241 Å². The summed E-state index contributed by atoms with van der Waals surface area (Å²) in [5, 5.41) is 3.31.